The second-order valence-corrected chi connectivity index (χ2v) is 6.10. The number of carboxylic acid groups (broad SMARTS) is 1. The third-order valence-electron chi connectivity index (χ3n) is 4.85. The third-order valence-corrected chi connectivity index (χ3v) is 4.85. The predicted octanol–water partition coefficient (Wildman–Crippen LogP) is 5.02. The minimum atomic E-state index is -0.535. The van der Waals surface area contributed by atoms with Crippen LogP contribution in [0.25, 0.3) is 0 Å². The van der Waals surface area contributed by atoms with E-state index in [1.165, 1.54) is 32.1 Å². The van der Waals surface area contributed by atoms with Crippen molar-refractivity contribution in [3.8, 4) is 0 Å². The minimum absolute atomic E-state index is 0.377. The highest BCUT2D eigenvalue weighted by molar-refractivity contribution is 5.74. The van der Waals surface area contributed by atoms with Crippen molar-refractivity contribution in [1.82, 2.24) is 0 Å². The van der Waals surface area contributed by atoms with Gasteiger partial charge in [-0.15, -0.1) is 0 Å². The summed E-state index contributed by atoms with van der Waals surface area (Å²) in [6, 6.07) is 0. The lowest BCUT2D eigenvalue weighted by Crippen LogP contribution is -2.35. The summed E-state index contributed by atoms with van der Waals surface area (Å²) < 4.78 is 0. The van der Waals surface area contributed by atoms with Gasteiger partial charge in [-0.1, -0.05) is 52.4 Å². The molecule has 1 N–H and O–H groups in total. The molecule has 0 spiro atoms. The molecule has 0 atom stereocenters. The summed E-state index contributed by atoms with van der Waals surface area (Å²) in [5, 5.41) is 9.55. The van der Waals surface area contributed by atoms with Gasteiger partial charge < -0.3 is 5.11 Å². The van der Waals surface area contributed by atoms with Crippen LogP contribution in [0.2, 0.25) is 0 Å². The van der Waals surface area contributed by atoms with Crippen LogP contribution in [-0.2, 0) is 4.79 Å². The van der Waals surface area contributed by atoms with E-state index in [1.54, 1.807) is 0 Å². The van der Waals surface area contributed by atoms with Gasteiger partial charge in [-0.3, -0.25) is 4.79 Å². The lowest BCUT2D eigenvalue weighted by molar-refractivity contribution is -0.152. The van der Waals surface area contributed by atoms with Crippen molar-refractivity contribution >= 4 is 5.97 Å². The molecule has 0 amide bonds. The number of aliphatic carboxylic acids is 1. The second kappa shape index (κ2) is 7.81. The molecule has 2 heteroatoms. The lowest BCUT2D eigenvalue weighted by Gasteiger charge is -2.36. The Balaban J connectivity index is 2.37. The van der Waals surface area contributed by atoms with E-state index in [0.29, 0.717) is 0 Å². The molecule has 0 unspecified atom stereocenters. The van der Waals surface area contributed by atoms with Crippen molar-refractivity contribution in [2.75, 3.05) is 0 Å². The van der Waals surface area contributed by atoms with Crippen molar-refractivity contribution in [3.05, 3.63) is 0 Å². The van der Waals surface area contributed by atoms with Gasteiger partial charge in [0.05, 0.1) is 5.41 Å². The monoisotopic (exact) mass is 254 g/mol. The number of carboxylic acids is 1. The Morgan fingerprint density at radius 1 is 1.11 bits per heavy atom. The Kier molecular flexibility index (Phi) is 6.73. The van der Waals surface area contributed by atoms with Gasteiger partial charge in [0.25, 0.3) is 0 Å². The summed E-state index contributed by atoms with van der Waals surface area (Å²) in [7, 11) is 0. The molecule has 2 nitrogen and oxygen atoms in total. The van der Waals surface area contributed by atoms with E-state index >= 15 is 0 Å². The highest BCUT2D eigenvalue weighted by atomic mass is 16.4. The first kappa shape index (κ1) is 15.5. The summed E-state index contributed by atoms with van der Waals surface area (Å²) in [4.78, 5) is 11.6. The Labute approximate surface area is 112 Å². The van der Waals surface area contributed by atoms with E-state index in [4.69, 9.17) is 0 Å². The first-order valence-electron chi connectivity index (χ1n) is 7.88. The zero-order valence-corrected chi connectivity index (χ0v) is 12.2. The number of hydrogen-bond acceptors (Lipinski definition) is 1. The zero-order valence-electron chi connectivity index (χ0n) is 12.2. The molecule has 0 heterocycles. The molecule has 0 aromatic heterocycles. The second-order valence-electron chi connectivity index (χ2n) is 6.10. The standard InChI is InChI=1S/C16H30O2/c1-3-5-6-7-8-11-16(15(17)18)12-9-14(4-2)10-13-16/h14H,3-13H2,1-2H3,(H,17,18). The van der Waals surface area contributed by atoms with E-state index in [9.17, 15) is 9.90 Å². The zero-order chi connectivity index (χ0) is 13.4. The maximum Gasteiger partial charge on any atom is 0.309 e. The number of carbonyl (C=O) groups is 1. The molecule has 18 heavy (non-hydrogen) atoms. The van der Waals surface area contributed by atoms with E-state index in [0.717, 1.165) is 44.4 Å². The Bertz CT molecular complexity index is 239. The van der Waals surface area contributed by atoms with Crippen molar-refractivity contribution < 1.29 is 9.90 Å². The van der Waals surface area contributed by atoms with Crippen LogP contribution in [0.1, 0.15) is 84.5 Å². The third kappa shape index (κ3) is 4.29. The highest BCUT2D eigenvalue weighted by Crippen LogP contribution is 2.43. The van der Waals surface area contributed by atoms with Gasteiger partial charge in [0.15, 0.2) is 0 Å². The summed E-state index contributed by atoms with van der Waals surface area (Å²) in [5.74, 6) is 0.241. The molecule has 0 bridgehead atoms. The van der Waals surface area contributed by atoms with E-state index in [2.05, 4.69) is 13.8 Å². The van der Waals surface area contributed by atoms with Crippen LogP contribution in [0.15, 0.2) is 0 Å². The SMILES string of the molecule is CCCCCCCC1(C(=O)O)CCC(CC)CC1. The Morgan fingerprint density at radius 2 is 1.72 bits per heavy atom. The van der Waals surface area contributed by atoms with E-state index < -0.39 is 5.97 Å². The molecule has 106 valence electrons. The van der Waals surface area contributed by atoms with Crippen LogP contribution in [0.3, 0.4) is 0 Å². The molecule has 1 aliphatic rings. The van der Waals surface area contributed by atoms with Crippen LogP contribution in [0, 0.1) is 11.3 Å². The van der Waals surface area contributed by atoms with Crippen molar-refractivity contribution in [1.29, 1.82) is 0 Å². The van der Waals surface area contributed by atoms with Gasteiger partial charge in [-0.2, -0.15) is 0 Å². The topological polar surface area (TPSA) is 37.3 Å². The minimum Gasteiger partial charge on any atom is -0.481 e. The van der Waals surface area contributed by atoms with Crippen LogP contribution >= 0.6 is 0 Å². The fourth-order valence-electron chi connectivity index (χ4n) is 3.28. The summed E-state index contributed by atoms with van der Waals surface area (Å²) in [6.07, 6.45) is 12.3. The summed E-state index contributed by atoms with van der Waals surface area (Å²) in [5.41, 5.74) is -0.377. The quantitative estimate of drug-likeness (QED) is 0.618. The molecular weight excluding hydrogens is 224 g/mol. The molecule has 0 aromatic carbocycles. The molecule has 1 fully saturated rings. The van der Waals surface area contributed by atoms with Crippen molar-refractivity contribution in [2.24, 2.45) is 11.3 Å². The number of unbranched alkanes of at least 4 members (excludes halogenated alkanes) is 4. The van der Waals surface area contributed by atoms with Crippen molar-refractivity contribution in [3.63, 3.8) is 0 Å². The van der Waals surface area contributed by atoms with Gasteiger partial charge in [0.1, 0.15) is 0 Å². The van der Waals surface area contributed by atoms with Crippen LogP contribution in [-0.4, -0.2) is 11.1 Å². The normalized spacial score (nSPS) is 28.2. The van der Waals surface area contributed by atoms with Gasteiger partial charge in [-0.25, -0.2) is 0 Å². The maximum absolute atomic E-state index is 11.6. The summed E-state index contributed by atoms with van der Waals surface area (Å²) >= 11 is 0. The van der Waals surface area contributed by atoms with Crippen LogP contribution in [0.4, 0.5) is 0 Å². The lowest BCUT2D eigenvalue weighted by atomic mass is 9.67. The molecule has 1 aliphatic carbocycles. The van der Waals surface area contributed by atoms with Gasteiger partial charge in [0, 0.05) is 0 Å². The molecule has 0 aromatic rings. The smallest absolute Gasteiger partial charge is 0.309 e. The Morgan fingerprint density at radius 3 is 2.22 bits per heavy atom. The van der Waals surface area contributed by atoms with Gasteiger partial charge in [0.2, 0.25) is 0 Å². The molecule has 0 aliphatic heterocycles. The highest BCUT2D eigenvalue weighted by Gasteiger charge is 2.40. The van der Waals surface area contributed by atoms with Crippen LogP contribution < -0.4 is 0 Å². The molecule has 1 rings (SSSR count). The molecule has 1 saturated carbocycles. The van der Waals surface area contributed by atoms with E-state index in [1.807, 2.05) is 0 Å². The first-order valence-corrected chi connectivity index (χ1v) is 7.88. The number of hydrogen-bond donors (Lipinski definition) is 1. The van der Waals surface area contributed by atoms with E-state index in [-0.39, 0.29) is 5.41 Å². The largest absolute Gasteiger partial charge is 0.481 e. The fraction of sp³-hybridized carbons (Fsp3) is 0.938. The average Bonchev–Trinajstić information content (AvgIpc) is 2.39. The van der Waals surface area contributed by atoms with Gasteiger partial charge in [-0.05, 0) is 38.0 Å². The molecule has 0 saturated heterocycles. The molecular formula is C16H30O2. The van der Waals surface area contributed by atoms with Gasteiger partial charge >= 0.3 is 5.97 Å². The maximum atomic E-state index is 11.6. The average molecular weight is 254 g/mol. The fourth-order valence-corrected chi connectivity index (χ4v) is 3.28. The first-order chi connectivity index (χ1) is 8.64. The van der Waals surface area contributed by atoms with Crippen molar-refractivity contribution in [2.45, 2.75) is 84.5 Å². The molecule has 0 radical (unpaired) electrons. The summed E-state index contributed by atoms with van der Waals surface area (Å²) in [6.45, 7) is 4.44. The predicted molar refractivity (Wildman–Crippen MR) is 75.7 cm³/mol. The van der Waals surface area contributed by atoms with Crippen LogP contribution in [0.5, 0.6) is 0 Å². The number of rotatable bonds is 8. The Hall–Kier alpha value is -0.530.